The second kappa shape index (κ2) is 7.33. The summed E-state index contributed by atoms with van der Waals surface area (Å²) >= 11 is 1.46. The topological polar surface area (TPSA) is 90.9 Å². The molecule has 0 spiro atoms. The van der Waals surface area contributed by atoms with Crippen LogP contribution in [0.2, 0.25) is 0 Å². The highest BCUT2D eigenvalue weighted by molar-refractivity contribution is 8.00. The van der Waals surface area contributed by atoms with Gasteiger partial charge in [0.15, 0.2) is 0 Å². The number of H-pyrrole nitrogens is 2. The van der Waals surface area contributed by atoms with Crippen molar-refractivity contribution in [3.63, 3.8) is 0 Å². The van der Waals surface area contributed by atoms with Crippen LogP contribution in [0.1, 0.15) is 22.5 Å². The van der Waals surface area contributed by atoms with Gasteiger partial charge >= 0.3 is 11.1 Å². The van der Waals surface area contributed by atoms with E-state index in [1.54, 1.807) is 0 Å². The van der Waals surface area contributed by atoms with Crippen LogP contribution in [0, 0.1) is 27.7 Å². The van der Waals surface area contributed by atoms with E-state index in [2.05, 4.69) is 40.7 Å². The first-order valence-electron chi connectivity index (χ1n) is 9.19. The number of hydrogen-bond donors (Lipinski definition) is 3. The molecule has 0 bridgehead atoms. The third kappa shape index (κ3) is 3.73. The van der Waals surface area contributed by atoms with Crippen molar-refractivity contribution in [3.05, 3.63) is 79.6 Å². The minimum absolute atomic E-state index is 0.598. The fourth-order valence-corrected chi connectivity index (χ4v) is 4.20. The minimum Gasteiger partial charge on any atom is -0.461 e. The molecule has 0 saturated carbocycles. The number of hydrogen-bond acceptors (Lipinski definition) is 5. The van der Waals surface area contributed by atoms with E-state index in [4.69, 9.17) is 4.42 Å². The predicted octanol–water partition coefficient (Wildman–Crippen LogP) is 4.83. The van der Waals surface area contributed by atoms with Crippen molar-refractivity contribution < 1.29 is 4.42 Å². The molecule has 0 unspecified atom stereocenters. The number of benzene rings is 2. The Hall–Kier alpha value is -3.19. The number of aromatic nitrogens is 2. The first-order valence-corrected chi connectivity index (χ1v) is 10.0. The highest BCUT2D eigenvalue weighted by atomic mass is 32.2. The molecule has 7 heteroatoms. The zero-order valence-corrected chi connectivity index (χ0v) is 17.4. The molecule has 0 aliphatic rings. The van der Waals surface area contributed by atoms with Gasteiger partial charge in [-0.05, 0) is 92.7 Å². The Bertz CT molecular complexity index is 1320. The molecule has 29 heavy (non-hydrogen) atoms. The average Bonchev–Trinajstić information content (AvgIpc) is 3.07. The fraction of sp³-hybridized carbons (Fsp3) is 0.182. The Morgan fingerprint density at radius 1 is 0.828 bits per heavy atom. The summed E-state index contributed by atoms with van der Waals surface area (Å²) in [6.07, 6.45) is 0. The second-order valence-corrected chi connectivity index (χ2v) is 8.02. The quantitative estimate of drug-likeness (QED) is 0.333. The molecule has 2 heterocycles. The third-order valence-corrected chi connectivity index (χ3v) is 5.81. The van der Waals surface area contributed by atoms with E-state index in [0.29, 0.717) is 11.0 Å². The van der Waals surface area contributed by atoms with Gasteiger partial charge in [-0.25, -0.2) is 0 Å². The number of fused-ring (bicyclic) bond motifs is 1. The maximum Gasteiger partial charge on any atom is 0.314 e. The molecular weight excluding hydrogens is 386 g/mol. The van der Waals surface area contributed by atoms with E-state index in [1.165, 1.54) is 11.9 Å². The van der Waals surface area contributed by atoms with Gasteiger partial charge in [0.1, 0.15) is 11.5 Å². The lowest BCUT2D eigenvalue weighted by molar-refractivity contribution is 0.547. The van der Waals surface area contributed by atoms with E-state index < -0.39 is 11.1 Å². The van der Waals surface area contributed by atoms with Crippen molar-refractivity contribution in [2.24, 2.45) is 0 Å². The van der Waals surface area contributed by atoms with Crippen molar-refractivity contribution in [2.75, 3.05) is 4.72 Å². The Morgan fingerprint density at radius 3 is 2.03 bits per heavy atom. The van der Waals surface area contributed by atoms with Crippen molar-refractivity contribution in [2.45, 2.75) is 32.6 Å². The van der Waals surface area contributed by atoms with Crippen LogP contribution in [0.25, 0.3) is 22.4 Å². The van der Waals surface area contributed by atoms with E-state index in [9.17, 15) is 9.59 Å². The predicted molar refractivity (Wildman–Crippen MR) is 118 cm³/mol. The molecule has 0 radical (unpaired) electrons. The zero-order chi connectivity index (χ0) is 20.7. The second-order valence-electron chi connectivity index (χ2n) is 7.17. The lowest BCUT2D eigenvalue weighted by Gasteiger charge is -2.13. The molecule has 0 saturated heterocycles. The molecule has 3 N–H and O–H groups in total. The van der Waals surface area contributed by atoms with E-state index in [1.807, 2.05) is 38.1 Å². The van der Waals surface area contributed by atoms with Crippen molar-refractivity contribution in [1.82, 2.24) is 9.97 Å². The molecule has 0 aliphatic carbocycles. The van der Waals surface area contributed by atoms with E-state index in [-0.39, 0.29) is 0 Å². The molecule has 6 nitrogen and oxygen atoms in total. The summed E-state index contributed by atoms with van der Waals surface area (Å²) in [4.78, 5) is 29.3. The van der Waals surface area contributed by atoms with Crippen molar-refractivity contribution >= 4 is 28.7 Å². The summed E-state index contributed by atoms with van der Waals surface area (Å²) in [5, 5.41) is 0. The normalized spacial score (nSPS) is 11.2. The molecule has 2 aromatic carbocycles. The monoisotopic (exact) mass is 407 g/mol. The number of furan rings is 1. The molecule has 0 aliphatic heterocycles. The first-order chi connectivity index (χ1) is 13.8. The van der Waals surface area contributed by atoms with Gasteiger partial charge in [0.25, 0.3) is 0 Å². The lowest BCUT2D eigenvalue weighted by Crippen LogP contribution is -2.28. The van der Waals surface area contributed by atoms with Crippen LogP contribution in [-0.4, -0.2) is 9.97 Å². The SMILES string of the molecule is Cc1ccc(-c2c(C)cc(NSc3cc4[nH]c(=O)c(=O)[nH]c4cc3C)cc2C)o1. The number of aromatic amines is 2. The standard InChI is InChI=1S/C22H21N3O3S/c1-11-9-16-17(24-22(27)21(26)23-16)10-19(11)29-25-15-7-12(2)20(13(3)8-15)18-6-5-14(4)28-18/h5-10,25H,1-4H3,(H,23,26)(H,24,27). The van der Waals surface area contributed by atoms with E-state index in [0.717, 1.165) is 44.4 Å². The van der Waals surface area contributed by atoms with Gasteiger partial charge in [-0.3, -0.25) is 9.59 Å². The Morgan fingerprint density at radius 2 is 1.45 bits per heavy atom. The largest absolute Gasteiger partial charge is 0.461 e. The van der Waals surface area contributed by atoms with Gasteiger partial charge in [0, 0.05) is 16.1 Å². The van der Waals surface area contributed by atoms with Crippen LogP contribution in [0.4, 0.5) is 5.69 Å². The number of nitrogens with one attached hydrogen (secondary N) is 3. The molecule has 0 amide bonds. The fourth-order valence-electron chi connectivity index (χ4n) is 3.46. The Balaban J connectivity index is 1.62. The lowest BCUT2D eigenvalue weighted by atomic mass is 10.00. The summed E-state index contributed by atoms with van der Waals surface area (Å²) in [7, 11) is 0. The number of rotatable bonds is 4. The molecule has 4 aromatic rings. The maximum absolute atomic E-state index is 11.6. The summed E-state index contributed by atoms with van der Waals surface area (Å²) in [5.74, 6) is 1.77. The summed E-state index contributed by atoms with van der Waals surface area (Å²) in [5.41, 5.74) is 5.24. The number of anilines is 1. The van der Waals surface area contributed by atoms with Crippen LogP contribution >= 0.6 is 11.9 Å². The van der Waals surface area contributed by atoms with Crippen LogP contribution < -0.4 is 15.8 Å². The first kappa shape index (κ1) is 19.1. The molecule has 0 atom stereocenters. The summed E-state index contributed by atoms with van der Waals surface area (Å²) in [6, 6.07) is 11.9. The van der Waals surface area contributed by atoms with E-state index >= 15 is 0 Å². The van der Waals surface area contributed by atoms with Gasteiger partial charge in [0.05, 0.1) is 11.0 Å². The Labute approximate surface area is 171 Å². The summed E-state index contributed by atoms with van der Waals surface area (Å²) in [6.45, 7) is 8.04. The van der Waals surface area contributed by atoms with Gasteiger partial charge in [-0.15, -0.1) is 0 Å². The molecule has 4 rings (SSSR count). The van der Waals surface area contributed by atoms with Crippen LogP contribution in [-0.2, 0) is 0 Å². The minimum atomic E-state index is -0.653. The highest BCUT2D eigenvalue weighted by Crippen LogP contribution is 2.33. The maximum atomic E-state index is 11.6. The Kier molecular flexibility index (Phi) is 4.84. The van der Waals surface area contributed by atoms with Crippen LogP contribution in [0.3, 0.4) is 0 Å². The van der Waals surface area contributed by atoms with Gasteiger partial charge in [-0.1, -0.05) is 0 Å². The highest BCUT2D eigenvalue weighted by Gasteiger charge is 2.12. The number of aryl methyl sites for hydroxylation is 4. The molecule has 0 fully saturated rings. The zero-order valence-electron chi connectivity index (χ0n) is 16.6. The van der Waals surface area contributed by atoms with Crippen molar-refractivity contribution in [1.29, 1.82) is 0 Å². The third-order valence-electron chi connectivity index (χ3n) is 4.82. The van der Waals surface area contributed by atoms with Gasteiger partial charge in [-0.2, -0.15) is 0 Å². The average molecular weight is 407 g/mol. The summed E-state index contributed by atoms with van der Waals surface area (Å²) < 4.78 is 9.18. The smallest absolute Gasteiger partial charge is 0.314 e. The molecular formula is C22H21N3O3S. The van der Waals surface area contributed by atoms with Crippen LogP contribution in [0.15, 0.2) is 55.3 Å². The van der Waals surface area contributed by atoms with Gasteiger partial charge in [0.2, 0.25) is 0 Å². The molecule has 2 aromatic heterocycles. The van der Waals surface area contributed by atoms with Crippen LogP contribution in [0.5, 0.6) is 0 Å². The van der Waals surface area contributed by atoms with Crippen molar-refractivity contribution in [3.8, 4) is 11.3 Å². The van der Waals surface area contributed by atoms with Gasteiger partial charge < -0.3 is 19.1 Å². The molecule has 148 valence electrons.